The lowest BCUT2D eigenvalue weighted by Crippen LogP contribution is -2.54. The third-order valence-corrected chi connectivity index (χ3v) is 5.24. The first kappa shape index (κ1) is 27.9. The van der Waals surface area contributed by atoms with Crippen molar-refractivity contribution in [2.45, 2.75) is 44.7 Å². The largest absolute Gasteiger partial charge is 0.480 e. The van der Waals surface area contributed by atoms with E-state index in [1.807, 2.05) is 0 Å². The fourth-order valence-electron chi connectivity index (χ4n) is 3.57. The summed E-state index contributed by atoms with van der Waals surface area (Å²) in [5, 5.41) is 25.7. The summed E-state index contributed by atoms with van der Waals surface area (Å²) >= 11 is 0. The molecule has 3 N–H and O–H groups in total. The second kappa shape index (κ2) is 12.9. The third-order valence-electron chi connectivity index (χ3n) is 5.24. The maximum atomic E-state index is 13.2. The Bertz CT molecular complexity index is 1110. The van der Waals surface area contributed by atoms with Crippen LogP contribution < -0.4 is 10.6 Å². The number of nitro benzene ring substituents is 1. The normalized spacial score (nSPS) is 13.1. The standard InChI is InChI=1S/C24H26FN3O8/c1-3-36-21(30)13-19(16-6-10-18(11-7-16)28(34)35)22(24(32)33)27-23(31)20(26-14(2)29)12-15-4-8-17(25)9-5-15/h4-11,19-20,22H,3,12-13H2,1-2H3,(H,26,29)(H,27,31)(H,32,33)/t19-,20+,22-/m0/s1. The molecule has 2 rings (SSSR count). The van der Waals surface area contributed by atoms with Gasteiger partial charge >= 0.3 is 11.9 Å². The molecule has 0 heterocycles. The number of aliphatic carboxylic acids is 1. The lowest BCUT2D eigenvalue weighted by Gasteiger charge is -2.27. The summed E-state index contributed by atoms with van der Waals surface area (Å²) in [7, 11) is 0. The van der Waals surface area contributed by atoms with E-state index in [2.05, 4.69) is 10.6 Å². The molecular weight excluding hydrogens is 477 g/mol. The predicted octanol–water partition coefficient (Wildman–Crippen LogP) is 2.09. The van der Waals surface area contributed by atoms with Gasteiger partial charge < -0.3 is 20.5 Å². The molecular formula is C24H26FN3O8. The zero-order valence-electron chi connectivity index (χ0n) is 19.6. The summed E-state index contributed by atoms with van der Waals surface area (Å²) in [6.45, 7) is 2.79. The number of rotatable bonds is 12. The minimum absolute atomic E-state index is 0.0399. The number of carboxylic acids is 1. The molecule has 0 aliphatic carbocycles. The minimum Gasteiger partial charge on any atom is -0.480 e. The van der Waals surface area contributed by atoms with E-state index in [1.54, 1.807) is 6.92 Å². The molecule has 2 aromatic rings. The third kappa shape index (κ3) is 8.15. The van der Waals surface area contributed by atoms with Crippen molar-refractivity contribution >= 4 is 29.4 Å². The Balaban J connectivity index is 2.37. The number of nitro groups is 1. The summed E-state index contributed by atoms with van der Waals surface area (Å²) in [4.78, 5) is 59.6. The molecule has 0 unspecified atom stereocenters. The minimum atomic E-state index is -1.65. The van der Waals surface area contributed by atoms with E-state index < -0.39 is 58.9 Å². The van der Waals surface area contributed by atoms with Crippen molar-refractivity contribution in [2.24, 2.45) is 0 Å². The monoisotopic (exact) mass is 503 g/mol. The van der Waals surface area contributed by atoms with Crippen molar-refractivity contribution in [3.8, 4) is 0 Å². The van der Waals surface area contributed by atoms with Crippen LogP contribution in [0, 0.1) is 15.9 Å². The first-order chi connectivity index (χ1) is 17.0. The van der Waals surface area contributed by atoms with Crippen LogP contribution in [0.15, 0.2) is 48.5 Å². The Labute approximate surface area is 205 Å². The Morgan fingerprint density at radius 3 is 2.17 bits per heavy atom. The predicted molar refractivity (Wildman–Crippen MR) is 124 cm³/mol. The van der Waals surface area contributed by atoms with Gasteiger partial charge in [-0.3, -0.25) is 24.5 Å². The Kier molecular flexibility index (Phi) is 10.0. The number of ether oxygens (including phenoxy) is 1. The molecule has 0 fully saturated rings. The number of non-ortho nitro benzene ring substituents is 1. The molecule has 12 heteroatoms. The number of carboxylic acid groups (broad SMARTS) is 1. The first-order valence-electron chi connectivity index (χ1n) is 11.0. The summed E-state index contributed by atoms with van der Waals surface area (Å²) in [5.74, 6) is -5.24. The maximum Gasteiger partial charge on any atom is 0.326 e. The Hall–Kier alpha value is -4.35. The number of carbonyl (C=O) groups excluding carboxylic acids is 3. The highest BCUT2D eigenvalue weighted by atomic mass is 19.1. The molecule has 192 valence electrons. The van der Waals surface area contributed by atoms with Gasteiger partial charge in [-0.05, 0) is 30.2 Å². The van der Waals surface area contributed by atoms with E-state index in [-0.39, 0.29) is 24.3 Å². The van der Waals surface area contributed by atoms with Gasteiger partial charge in [0.1, 0.15) is 17.9 Å². The van der Waals surface area contributed by atoms with Gasteiger partial charge in [0, 0.05) is 31.4 Å². The number of halogens is 1. The summed E-state index contributed by atoms with van der Waals surface area (Å²) in [6, 6.07) is 7.28. The van der Waals surface area contributed by atoms with Crippen LogP contribution in [0.3, 0.4) is 0 Å². The zero-order chi connectivity index (χ0) is 26.8. The van der Waals surface area contributed by atoms with Crippen LogP contribution in [0.4, 0.5) is 10.1 Å². The summed E-state index contributed by atoms with van der Waals surface area (Å²) in [5.41, 5.74) is 0.515. The van der Waals surface area contributed by atoms with Gasteiger partial charge in [-0.2, -0.15) is 0 Å². The highest BCUT2D eigenvalue weighted by molar-refractivity contribution is 5.91. The molecule has 3 atom stereocenters. The van der Waals surface area contributed by atoms with E-state index in [0.29, 0.717) is 5.56 Å². The van der Waals surface area contributed by atoms with Crippen LogP contribution in [0.1, 0.15) is 37.3 Å². The second-order valence-electron chi connectivity index (χ2n) is 7.87. The maximum absolute atomic E-state index is 13.2. The van der Waals surface area contributed by atoms with Gasteiger partial charge in [0.25, 0.3) is 5.69 Å². The molecule has 0 saturated heterocycles. The number of hydrogen-bond donors (Lipinski definition) is 3. The molecule has 2 aromatic carbocycles. The first-order valence-corrected chi connectivity index (χ1v) is 11.0. The van der Waals surface area contributed by atoms with Crippen molar-refractivity contribution < 1.29 is 38.3 Å². The van der Waals surface area contributed by atoms with Crippen molar-refractivity contribution in [1.29, 1.82) is 0 Å². The molecule has 0 aliphatic rings. The van der Waals surface area contributed by atoms with Crippen LogP contribution in [-0.2, 0) is 30.3 Å². The van der Waals surface area contributed by atoms with Gasteiger partial charge in [0.2, 0.25) is 11.8 Å². The number of esters is 1. The van der Waals surface area contributed by atoms with Crippen LogP contribution in [0.2, 0.25) is 0 Å². The van der Waals surface area contributed by atoms with Crippen LogP contribution in [0.25, 0.3) is 0 Å². The van der Waals surface area contributed by atoms with E-state index in [1.165, 1.54) is 43.3 Å². The smallest absolute Gasteiger partial charge is 0.326 e. The van der Waals surface area contributed by atoms with Crippen molar-refractivity contribution in [2.75, 3.05) is 6.61 Å². The average molecular weight is 503 g/mol. The topological polar surface area (TPSA) is 165 Å². The van der Waals surface area contributed by atoms with E-state index in [9.17, 15) is 38.8 Å². The highest BCUT2D eigenvalue weighted by Gasteiger charge is 2.35. The lowest BCUT2D eigenvalue weighted by atomic mass is 9.88. The summed E-state index contributed by atoms with van der Waals surface area (Å²) in [6.07, 6.45) is -0.496. The number of hydrogen-bond acceptors (Lipinski definition) is 7. The number of nitrogens with zero attached hydrogens (tertiary/aromatic N) is 1. The fourth-order valence-corrected chi connectivity index (χ4v) is 3.57. The number of benzene rings is 2. The van der Waals surface area contributed by atoms with Gasteiger partial charge in [-0.1, -0.05) is 24.3 Å². The average Bonchev–Trinajstić information content (AvgIpc) is 2.82. The number of nitrogens with one attached hydrogen (secondary N) is 2. The molecule has 0 saturated carbocycles. The zero-order valence-corrected chi connectivity index (χ0v) is 19.6. The van der Waals surface area contributed by atoms with Gasteiger partial charge in [-0.15, -0.1) is 0 Å². The molecule has 11 nitrogen and oxygen atoms in total. The van der Waals surface area contributed by atoms with Crippen LogP contribution >= 0.6 is 0 Å². The molecule has 0 aromatic heterocycles. The van der Waals surface area contributed by atoms with E-state index >= 15 is 0 Å². The van der Waals surface area contributed by atoms with Gasteiger partial charge in [0.05, 0.1) is 18.0 Å². The SMILES string of the molecule is CCOC(=O)C[C@@H](c1ccc([N+](=O)[O-])cc1)[C@H](NC(=O)[C@@H](Cc1ccc(F)cc1)NC(C)=O)C(=O)O. The lowest BCUT2D eigenvalue weighted by molar-refractivity contribution is -0.384. The second-order valence-corrected chi connectivity index (χ2v) is 7.87. The molecule has 2 amide bonds. The number of amides is 2. The Morgan fingerprint density at radius 1 is 1.06 bits per heavy atom. The Morgan fingerprint density at radius 2 is 1.67 bits per heavy atom. The molecule has 0 radical (unpaired) electrons. The fraction of sp³-hybridized carbons (Fsp3) is 0.333. The van der Waals surface area contributed by atoms with Gasteiger partial charge in [0.15, 0.2) is 0 Å². The van der Waals surface area contributed by atoms with Crippen molar-refractivity contribution in [3.05, 3.63) is 75.6 Å². The quantitative estimate of drug-likeness (QED) is 0.225. The molecule has 0 aliphatic heterocycles. The molecule has 36 heavy (non-hydrogen) atoms. The van der Waals surface area contributed by atoms with Gasteiger partial charge in [-0.25, -0.2) is 9.18 Å². The molecule has 0 spiro atoms. The number of carbonyl (C=O) groups is 4. The van der Waals surface area contributed by atoms with Crippen molar-refractivity contribution in [3.63, 3.8) is 0 Å². The highest BCUT2D eigenvalue weighted by Crippen LogP contribution is 2.27. The van der Waals surface area contributed by atoms with Crippen LogP contribution in [-0.4, -0.2) is 52.5 Å². The van der Waals surface area contributed by atoms with E-state index in [0.717, 1.165) is 12.1 Å². The van der Waals surface area contributed by atoms with Crippen molar-refractivity contribution in [1.82, 2.24) is 10.6 Å². The molecule has 0 bridgehead atoms. The van der Waals surface area contributed by atoms with E-state index in [4.69, 9.17) is 4.74 Å². The summed E-state index contributed by atoms with van der Waals surface area (Å²) < 4.78 is 18.2. The van der Waals surface area contributed by atoms with Crippen LogP contribution in [0.5, 0.6) is 0 Å².